The molecule has 0 spiro atoms. The average molecular weight is 424 g/mol. The molecule has 152 valence electrons. The zero-order chi connectivity index (χ0) is 19.6. The first-order valence-corrected chi connectivity index (χ1v) is 10.5. The summed E-state index contributed by atoms with van der Waals surface area (Å²) >= 11 is 0. The maximum atomic E-state index is 12.9. The Morgan fingerprint density at radius 2 is 1.82 bits per heavy atom. The van der Waals surface area contributed by atoms with Gasteiger partial charge in [0.25, 0.3) is 15.9 Å². The number of benzene rings is 2. The summed E-state index contributed by atoms with van der Waals surface area (Å²) in [6.45, 7) is 7.29. The molecule has 0 bridgehead atoms. The molecule has 0 saturated carbocycles. The predicted molar refractivity (Wildman–Crippen MR) is 114 cm³/mol. The SMILES string of the molecule is Cc1ccc(NS(=O)(=O)c2cccc(C(=O)N3CCNC(C)C3C)c2)cc1.Cl. The molecule has 2 aromatic carbocycles. The van der Waals surface area contributed by atoms with Crippen molar-refractivity contribution in [3.63, 3.8) is 0 Å². The molecule has 2 N–H and O–H groups in total. The van der Waals surface area contributed by atoms with Crippen LogP contribution in [0.15, 0.2) is 53.4 Å². The molecule has 1 amide bonds. The van der Waals surface area contributed by atoms with Gasteiger partial charge in [0.2, 0.25) is 0 Å². The number of rotatable bonds is 4. The van der Waals surface area contributed by atoms with Gasteiger partial charge in [0, 0.05) is 36.4 Å². The van der Waals surface area contributed by atoms with Crippen molar-refractivity contribution in [3.8, 4) is 0 Å². The molecule has 8 heteroatoms. The highest BCUT2D eigenvalue weighted by Gasteiger charge is 2.29. The van der Waals surface area contributed by atoms with Gasteiger partial charge >= 0.3 is 0 Å². The molecule has 1 fully saturated rings. The second kappa shape index (κ2) is 8.94. The summed E-state index contributed by atoms with van der Waals surface area (Å²) in [5.74, 6) is -0.150. The molecule has 0 aromatic heterocycles. The van der Waals surface area contributed by atoms with Crippen LogP contribution in [0.4, 0.5) is 5.69 Å². The molecule has 2 unspecified atom stereocenters. The van der Waals surface area contributed by atoms with Gasteiger partial charge in [0.1, 0.15) is 0 Å². The second-order valence-corrected chi connectivity index (χ2v) is 8.66. The highest BCUT2D eigenvalue weighted by Crippen LogP contribution is 2.20. The van der Waals surface area contributed by atoms with Crippen LogP contribution in [0.5, 0.6) is 0 Å². The lowest BCUT2D eigenvalue weighted by Gasteiger charge is -2.38. The predicted octanol–water partition coefficient (Wildman–Crippen LogP) is 3.04. The first-order chi connectivity index (χ1) is 12.8. The van der Waals surface area contributed by atoms with Crippen LogP contribution < -0.4 is 10.0 Å². The summed E-state index contributed by atoms with van der Waals surface area (Å²) in [7, 11) is -3.77. The van der Waals surface area contributed by atoms with E-state index in [0.717, 1.165) is 12.1 Å². The Labute approximate surface area is 172 Å². The van der Waals surface area contributed by atoms with Crippen molar-refractivity contribution in [2.75, 3.05) is 17.8 Å². The van der Waals surface area contributed by atoms with Crippen LogP contribution >= 0.6 is 12.4 Å². The van der Waals surface area contributed by atoms with E-state index in [2.05, 4.69) is 10.0 Å². The van der Waals surface area contributed by atoms with Crippen molar-refractivity contribution >= 4 is 34.0 Å². The summed E-state index contributed by atoms with van der Waals surface area (Å²) < 4.78 is 28.0. The van der Waals surface area contributed by atoms with Gasteiger partial charge in [-0.3, -0.25) is 9.52 Å². The number of nitrogens with zero attached hydrogens (tertiary/aromatic N) is 1. The van der Waals surface area contributed by atoms with E-state index >= 15 is 0 Å². The summed E-state index contributed by atoms with van der Waals surface area (Å²) in [6, 6.07) is 13.5. The van der Waals surface area contributed by atoms with E-state index < -0.39 is 10.0 Å². The molecule has 28 heavy (non-hydrogen) atoms. The fourth-order valence-electron chi connectivity index (χ4n) is 3.14. The van der Waals surface area contributed by atoms with Gasteiger partial charge in [0.05, 0.1) is 4.90 Å². The molecule has 2 atom stereocenters. The van der Waals surface area contributed by atoms with Gasteiger partial charge in [-0.25, -0.2) is 8.42 Å². The van der Waals surface area contributed by atoms with Crippen molar-refractivity contribution in [2.24, 2.45) is 0 Å². The lowest BCUT2D eigenvalue weighted by molar-refractivity contribution is 0.0602. The monoisotopic (exact) mass is 423 g/mol. The number of hydrogen-bond donors (Lipinski definition) is 2. The first-order valence-electron chi connectivity index (χ1n) is 9.02. The number of halogens is 1. The summed E-state index contributed by atoms with van der Waals surface area (Å²) in [5.41, 5.74) is 1.91. The second-order valence-electron chi connectivity index (χ2n) is 6.98. The van der Waals surface area contributed by atoms with Gasteiger partial charge in [-0.05, 0) is 51.1 Å². The molecular weight excluding hydrogens is 398 g/mol. The number of piperazine rings is 1. The van der Waals surface area contributed by atoms with Crippen LogP contribution in [0.3, 0.4) is 0 Å². The van der Waals surface area contributed by atoms with E-state index in [1.165, 1.54) is 12.1 Å². The van der Waals surface area contributed by atoms with Gasteiger partial charge in [-0.2, -0.15) is 0 Å². The maximum absolute atomic E-state index is 12.9. The maximum Gasteiger partial charge on any atom is 0.261 e. The topological polar surface area (TPSA) is 78.5 Å². The Bertz CT molecular complexity index is 932. The van der Waals surface area contributed by atoms with Crippen molar-refractivity contribution in [1.82, 2.24) is 10.2 Å². The van der Waals surface area contributed by atoms with Crippen molar-refractivity contribution in [2.45, 2.75) is 37.8 Å². The average Bonchev–Trinajstić information content (AvgIpc) is 2.65. The number of amides is 1. The Morgan fingerprint density at radius 1 is 1.14 bits per heavy atom. The van der Waals surface area contributed by atoms with Crippen LogP contribution in [0.2, 0.25) is 0 Å². The number of aryl methyl sites for hydroxylation is 1. The number of hydrogen-bond acceptors (Lipinski definition) is 4. The minimum absolute atomic E-state index is 0. The normalized spacial score (nSPS) is 19.6. The summed E-state index contributed by atoms with van der Waals surface area (Å²) in [4.78, 5) is 14.8. The van der Waals surface area contributed by atoms with Crippen LogP contribution in [-0.2, 0) is 10.0 Å². The molecular formula is C20H26ClN3O3S. The van der Waals surface area contributed by atoms with E-state index in [0.29, 0.717) is 17.8 Å². The Balaban J connectivity index is 0.00000280. The largest absolute Gasteiger partial charge is 0.333 e. The van der Waals surface area contributed by atoms with Gasteiger partial charge in [-0.1, -0.05) is 23.8 Å². The Hall–Kier alpha value is -2.09. The van der Waals surface area contributed by atoms with E-state index in [-0.39, 0.29) is 35.3 Å². The summed E-state index contributed by atoms with van der Waals surface area (Å²) in [5, 5.41) is 3.34. The lowest BCUT2D eigenvalue weighted by atomic mass is 10.1. The highest BCUT2D eigenvalue weighted by atomic mass is 35.5. The third-order valence-electron chi connectivity index (χ3n) is 4.99. The molecule has 6 nitrogen and oxygen atoms in total. The number of anilines is 1. The van der Waals surface area contributed by atoms with E-state index in [1.807, 2.05) is 32.9 Å². The van der Waals surface area contributed by atoms with Crippen molar-refractivity contribution in [1.29, 1.82) is 0 Å². The van der Waals surface area contributed by atoms with Gasteiger partial charge < -0.3 is 10.2 Å². The fourth-order valence-corrected chi connectivity index (χ4v) is 4.25. The standard InChI is InChI=1S/C20H25N3O3S.ClH/c1-14-7-9-18(10-8-14)22-27(25,26)19-6-4-5-17(13-19)20(24)23-12-11-21-15(2)16(23)3;/h4-10,13,15-16,21-22H,11-12H2,1-3H3;1H. The summed E-state index contributed by atoms with van der Waals surface area (Å²) in [6.07, 6.45) is 0. The number of nitrogens with one attached hydrogen (secondary N) is 2. The zero-order valence-electron chi connectivity index (χ0n) is 16.2. The van der Waals surface area contributed by atoms with Gasteiger partial charge in [-0.15, -0.1) is 12.4 Å². The molecule has 3 rings (SSSR count). The number of sulfonamides is 1. The minimum atomic E-state index is -3.77. The zero-order valence-corrected chi connectivity index (χ0v) is 17.8. The smallest absolute Gasteiger partial charge is 0.261 e. The minimum Gasteiger partial charge on any atom is -0.333 e. The van der Waals surface area contributed by atoms with E-state index in [9.17, 15) is 13.2 Å². The Morgan fingerprint density at radius 3 is 2.50 bits per heavy atom. The fraction of sp³-hybridized carbons (Fsp3) is 0.350. The quantitative estimate of drug-likeness (QED) is 0.792. The molecule has 0 aliphatic carbocycles. The highest BCUT2D eigenvalue weighted by molar-refractivity contribution is 7.92. The molecule has 1 aliphatic rings. The third kappa shape index (κ3) is 4.84. The first kappa shape index (κ1) is 22.2. The molecule has 1 saturated heterocycles. The molecule has 0 radical (unpaired) electrons. The van der Waals surface area contributed by atoms with Crippen LogP contribution in [0, 0.1) is 6.92 Å². The lowest BCUT2D eigenvalue weighted by Crippen LogP contribution is -2.57. The molecule has 1 aliphatic heterocycles. The van der Waals surface area contributed by atoms with Gasteiger partial charge in [0.15, 0.2) is 0 Å². The van der Waals surface area contributed by atoms with Crippen LogP contribution in [-0.4, -0.2) is 44.4 Å². The number of carbonyl (C=O) groups excluding carboxylic acids is 1. The molecule has 2 aromatic rings. The number of carbonyl (C=O) groups is 1. The van der Waals surface area contributed by atoms with E-state index in [4.69, 9.17) is 0 Å². The van der Waals surface area contributed by atoms with Crippen molar-refractivity contribution < 1.29 is 13.2 Å². The molecule has 1 heterocycles. The third-order valence-corrected chi connectivity index (χ3v) is 6.37. The van der Waals surface area contributed by atoms with Crippen molar-refractivity contribution in [3.05, 3.63) is 59.7 Å². The Kier molecular flexibility index (Phi) is 7.09. The van der Waals surface area contributed by atoms with Crippen LogP contribution in [0.1, 0.15) is 29.8 Å². The van der Waals surface area contributed by atoms with E-state index in [1.54, 1.807) is 29.2 Å². The van der Waals surface area contributed by atoms with Crippen LogP contribution in [0.25, 0.3) is 0 Å².